The third kappa shape index (κ3) is 1.89. The summed E-state index contributed by atoms with van der Waals surface area (Å²) in [7, 11) is 3.53. The normalized spacial score (nSPS) is 13.2. The first-order valence-electron chi connectivity index (χ1n) is 5.80. The van der Waals surface area contributed by atoms with Crippen LogP contribution < -0.4 is 5.73 Å². The van der Waals surface area contributed by atoms with Crippen molar-refractivity contribution in [3.8, 4) is 11.3 Å². The second kappa shape index (κ2) is 4.66. The van der Waals surface area contributed by atoms with Crippen LogP contribution in [0.2, 0.25) is 0 Å². The van der Waals surface area contributed by atoms with Crippen LogP contribution in [0.4, 0.5) is 0 Å². The van der Waals surface area contributed by atoms with Crippen molar-refractivity contribution < 1.29 is 8.98 Å². The molecule has 1 amide bonds. The number of carbonyl (C=O) groups is 1. The lowest BCUT2D eigenvalue weighted by molar-refractivity contribution is 0.100. The Morgan fingerprint density at radius 1 is 1.58 bits per heavy atom. The third-order valence-corrected chi connectivity index (χ3v) is 5.27. The van der Waals surface area contributed by atoms with E-state index in [1.807, 2.05) is 17.9 Å². The zero-order chi connectivity index (χ0) is 13.6. The van der Waals surface area contributed by atoms with Crippen LogP contribution in [0.1, 0.15) is 20.8 Å². The lowest BCUT2D eigenvalue weighted by Crippen LogP contribution is -2.13. The number of nitrogens with two attached hydrogens (primary N) is 1. The van der Waals surface area contributed by atoms with Gasteiger partial charge < -0.3 is 9.92 Å². The molecule has 0 saturated heterocycles. The molecule has 2 heterocycles. The summed E-state index contributed by atoms with van der Waals surface area (Å²) in [6.07, 6.45) is 3.61. The number of carbonyl (C=O) groups excluding carboxylic acids is 1. The van der Waals surface area contributed by atoms with E-state index in [-0.39, 0.29) is 5.91 Å². The smallest absolute Gasteiger partial charge is 0.259 e. The monoisotopic (exact) mass is 295 g/mol. The maximum absolute atomic E-state index is 11.6. The molecule has 0 aliphatic heterocycles. The third-order valence-electron chi connectivity index (χ3n) is 3.25. The predicted octanol–water partition coefficient (Wildman–Crippen LogP) is 2.00. The molecule has 7 heteroatoms. The second-order valence-corrected chi connectivity index (χ2v) is 6.52. The maximum atomic E-state index is 11.6. The molecule has 3 rings (SSSR count). The number of aromatic nitrogens is 2. The average Bonchev–Trinajstić information content (AvgIpc) is 2.92. The summed E-state index contributed by atoms with van der Waals surface area (Å²) < 4.78 is 7.98. The Morgan fingerprint density at radius 2 is 2.37 bits per heavy atom. The van der Waals surface area contributed by atoms with Gasteiger partial charge in [-0.05, 0) is 24.0 Å². The van der Waals surface area contributed by atoms with Crippen molar-refractivity contribution in [2.75, 3.05) is 7.11 Å². The molecule has 0 unspecified atom stereocenters. The van der Waals surface area contributed by atoms with Crippen LogP contribution >= 0.6 is 23.4 Å². The van der Waals surface area contributed by atoms with Gasteiger partial charge >= 0.3 is 0 Å². The van der Waals surface area contributed by atoms with Crippen molar-refractivity contribution in [1.29, 1.82) is 0 Å². The van der Waals surface area contributed by atoms with Crippen LogP contribution in [0.3, 0.4) is 0 Å². The Hall–Kier alpha value is -1.31. The minimum atomic E-state index is -0.366. The number of rotatable bonds is 3. The number of hydrogen-bond acceptors (Lipinski definition) is 5. The summed E-state index contributed by atoms with van der Waals surface area (Å²) in [5.74, 6) is -0.366. The van der Waals surface area contributed by atoms with E-state index in [0.29, 0.717) is 4.88 Å². The first kappa shape index (κ1) is 12.7. The summed E-state index contributed by atoms with van der Waals surface area (Å²) in [5.41, 5.74) is 9.86. The standard InChI is InChI=1S/C12H13N3O2S2/c1-15-9-6(5-14-15)3-4-7-8(9)12(19-17-2)18-10(7)11(13)16/h5H,3-4H2,1-2H3,(H2,13,16). The molecule has 0 bridgehead atoms. The minimum Gasteiger partial charge on any atom is -0.365 e. The molecule has 0 radical (unpaired) electrons. The van der Waals surface area contributed by atoms with Gasteiger partial charge in [-0.25, -0.2) is 0 Å². The summed E-state index contributed by atoms with van der Waals surface area (Å²) in [5, 5.41) is 4.31. The van der Waals surface area contributed by atoms with Crippen molar-refractivity contribution in [3.63, 3.8) is 0 Å². The Bertz CT molecular complexity index is 660. The van der Waals surface area contributed by atoms with E-state index >= 15 is 0 Å². The summed E-state index contributed by atoms with van der Waals surface area (Å²) in [4.78, 5) is 12.2. The predicted molar refractivity (Wildman–Crippen MR) is 75.3 cm³/mol. The zero-order valence-corrected chi connectivity index (χ0v) is 12.2. The van der Waals surface area contributed by atoms with Gasteiger partial charge in [0.15, 0.2) is 0 Å². The number of aryl methyl sites for hydroxylation is 2. The zero-order valence-electron chi connectivity index (χ0n) is 10.6. The summed E-state index contributed by atoms with van der Waals surface area (Å²) in [6.45, 7) is 0. The highest BCUT2D eigenvalue weighted by atomic mass is 32.2. The average molecular weight is 295 g/mol. The highest BCUT2D eigenvalue weighted by Crippen LogP contribution is 2.46. The Kier molecular flexibility index (Phi) is 3.12. The van der Waals surface area contributed by atoms with Gasteiger partial charge in [0.2, 0.25) is 0 Å². The largest absolute Gasteiger partial charge is 0.365 e. The van der Waals surface area contributed by atoms with Crippen LogP contribution in [0.5, 0.6) is 0 Å². The van der Waals surface area contributed by atoms with Crippen molar-refractivity contribution in [2.45, 2.75) is 17.1 Å². The molecule has 0 atom stereocenters. The summed E-state index contributed by atoms with van der Waals surface area (Å²) in [6, 6.07) is 0. The molecule has 0 spiro atoms. The molecule has 0 fully saturated rings. The number of primary amides is 1. The van der Waals surface area contributed by atoms with Gasteiger partial charge in [-0.2, -0.15) is 5.10 Å². The first-order chi connectivity index (χ1) is 9.13. The van der Waals surface area contributed by atoms with E-state index in [9.17, 15) is 4.79 Å². The van der Waals surface area contributed by atoms with Gasteiger partial charge in [-0.3, -0.25) is 9.48 Å². The topological polar surface area (TPSA) is 70.1 Å². The lowest BCUT2D eigenvalue weighted by Gasteiger charge is -2.15. The lowest BCUT2D eigenvalue weighted by atomic mass is 9.92. The Balaban J connectivity index is 2.27. The van der Waals surface area contributed by atoms with Gasteiger partial charge in [0.1, 0.15) is 0 Å². The van der Waals surface area contributed by atoms with Gasteiger partial charge in [-0.1, -0.05) is 0 Å². The Labute approximate surface area is 119 Å². The molecule has 1 aliphatic rings. The first-order valence-corrected chi connectivity index (χ1v) is 7.36. The molecule has 0 saturated carbocycles. The molecule has 100 valence electrons. The number of amides is 1. The van der Waals surface area contributed by atoms with Gasteiger partial charge in [0.05, 0.1) is 28.1 Å². The number of thiophene rings is 1. The van der Waals surface area contributed by atoms with Gasteiger partial charge in [-0.15, -0.1) is 11.3 Å². The van der Waals surface area contributed by atoms with Gasteiger partial charge in [0, 0.05) is 24.7 Å². The molecule has 19 heavy (non-hydrogen) atoms. The van der Waals surface area contributed by atoms with E-state index < -0.39 is 0 Å². The SMILES string of the molecule is COSc1sc(C(N)=O)c2c1-c1c(cnn1C)CC2. The van der Waals surface area contributed by atoms with Crippen LogP contribution in [-0.2, 0) is 24.1 Å². The maximum Gasteiger partial charge on any atom is 0.259 e. The van der Waals surface area contributed by atoms with Crippen molar-refractivity contribution >= 4 is 29.3 Å². The molecule has 0 aromatic carbocycles. The molecule has 2 N–H and O–H groups in total. The number of nitrogens with zero attached hydrogens (tertiary/aromatic N) is 2. The van der Waals surface area contributed by atoms with Crippen LogP contribution in [-0.4, -0.2) is 22.8 Å². The molecular weight excluding hydrogens is 282 g/mol. The fraction of sp³-hybridized carbons (Fsp3) is 0.333. The van der Waals surface area contributed by atoms with Crippen molar-refractivity contribution in [1.82, 2.24) is 9.78 Å². The van der Waals surface area contributed by atoms with Crippen molar-refractivity contribution in [2.24, 2.45) is 12.8 Å². The number of fused-ring (bicyclic) bond motifs is 3. The fourth-order valence-electron chi connectivity index (χ4n) is 2.50. The van der Waals surface area contributed by atoms with Crippen LogP contribution in [0.15, 0.2) is 10.4 Å². The Morgan fingerprint density at radius 3 is 3.05 bits per heavy atom. The second-order valence-electron chi connectivity index (χ2n) is 4.33. The van der Waals surface area contributed by atoms with E-state index in [2.05, 4.69) is 5.10 Å². The van der Waals surface area contributed by atoms with Crippen LogP contribution in [0.25, 0.3) is 11.3 Å². The molecule has 5 nitrogen and oxygen atoms in total. The van der Waals surface area contributed by atoms with Crippen molar-refractivity contribution in [3.05, 3.63) is 22.2 Å². The number of hydrogen-bond donors (Lipinski definition) is 1. The molecule has 1 aliphatic carbocycles. The highest BCUT2D eigenvalue weighted by molar-refractivity contribution is 7.96. The quantitative estimate of drug-likeness (QED) is 0.879. The highest BCUT2D eigenvalue weighted by Gasteiger charge is 2.29. The van der Waals surface area contributed by atoms with Crippen LogP contribution in [0, 0.1) is 0 Å². The molecule has 2 aromatic rings. The fourth-order valence-corrected chi connectivity index (χ4v) is 4.48. The van der Waals surface area contributed by atoms with E-state index in [1.54, 1.807) is 7.11 Å². The van der Waals surface area contributed by atoms with E-state index in [4.69, 9.17) is 9.92 Å². The minimum absolute atomic E-state index is 0.366. The summed E-state index contributed by atoms with van der Waals surface area (Å²) >= 11 is 2.68. The van der Waals surface area contributed by atoms with E-state index in [1.165, 1.54) is 28.9 Å². The molecule has 2 aromatic heterocycles. The van der Waals surface area contributed by atoms with E-state index in [0.717, 1.165) is 33.9 Å². The van der Waals surface area contributed by atoms with Gasteiger partial charge in [0.25, 0.3) is 5.91 Å². The molecular formula is C12H13N3O2S2.